The van der Waals surface area contributed by atoms with E-state index in [-0.39, 0.29) is 12.5 Å². The van der Waals surface area contributed by atoms with Crippen LogP contribution in [-0.4, -0.2) is 19.6 Å². The largest absolute Gasteiger partial charge is 0.468 e. The zero-order valence-electron chi connectivity index (χ0n) is 9.36. The number of hydrogen-bond donors (Lipinski definition) is 1. The van der Waals surface area contributed by atoms with E-state index in [1.54, 1.807) is 0 Å². The summed E-state index contributed by atoms with van der Waals surface area (Å²) >= 11 is 0. The number of benzene rings is 1. The SMILES string of the molecule is COC(=O)CNC(C#N)c1ccccc1C. The van der Waals surface area contributed by atoms with E-state index in [1.165, 1.54) is 7.11 Å². The number of carbonyl (C=O) groups is 1. The maximum absolute atomic E-state index is 11.0. The number of methoxy groups -OCH3 is 1. The van der Waals surface area contributed by atoms with Crippen molar-refractivity contribution in [3.8, 4) is 6.07 Å². The summed E-state index contributed by atoms with van der Waals surface area (Å²) in [5.41, 5.74) is 1.90. The molecule has 4 nitrogen and oxygen atoms in total. The van der Waals surface area contributed by atoms with Crippen molar-refractivity contribution in [1.82, 2.24) is 5.32 Å². The first kappa shape index (κ1) is 12.2. The number of carbonyl (C=O) groups excluding carboxylic acids is 1. The van der Waals surface area contributed by atoms with Crippen LogP contribution in [0, 0.1) is 18.3 Å². The van der Waals surface area contributed by atoms with Gasteiger partial charge in [0.2, 0.25) is 0 Å². The van der Waals surface area contributed by atoms with Crippen molar-refractivity contribution in [1.29, 1.82) is 5.26 Å². The molecule has 0 aliphatic carbocycles. The Bertz CT molecular complexity index is 410. The molecule has 4 heteroatoms. The molecule has 0 bridgehead atoms. The lowest BCUT2D eigenvalue weighted by atomic mass is 10.0. The predicted molar refractivity (Wildman–Crippen MR) is 59.6 cm³/mol. The van der Waals surface area contributed by atoms with Crippen LogP contribution >= 0.6 is 0 Å². The maximum atomic E-state index is 11.0. The lowest BCUT2D eigenvalue weighted by Gasteiger charge is -2.13. The van der Waals surface area contributed by atoms with Crippen LogP contribution in [0.5, 0.6) is 0 Å². The van der Waals surface area contributed by atoms with Gasteiger partial charge in [-0.15, -0.1) is 0 Å². The van der Waals surface area contributed by atoms with E-state index < -0.39 is 6.04 Å². The van der Waals surface area contributed by atoms with Crippen LogP contribution in [0.2, 0.25) is 0 Å². The van der Waals surface area contributed by atoms with Crippen molar-refractivity contribution >= 4 is 5.97 Å². The van der Waals surface area contributed by atoms with Crippen LogP contribution in [-0.2, 0) is 9.53 Å². The summed E-state index contributed by atoms with van der Waals surface area (Å²) in [6, 6.07) is 9.21. The fourth-order valence-electron chi connectivity index (χ4n) is 1.39. The van der Waals surface area contributed by atoms with Crippen molar-refractivity contribution in [3.05, 3.63) is 35.4 Å². The second-order valence-corrected chi connectivity index (χ2v) is 3.38. The molecule has 0 aromatic heterocycles. The van der Waals surface area contributed by atoms with Crippen molar-refractivity contribution in [3.63, 3.8) is 0 Å². The van der Waals surface area contributed by atoms with E-state index in [4.69, 9.17) is 5.26 Å². The van der Waals surface area contributed by atoms with E-state index >= 15 is 0 Å². The van der Waals surface area contributed by atoms with E-state index in [1.807, 2.05) is 31.2 Å². The smallest absolute Gasteiger partial charge is 0.319 e. The average molecular weight is 218 g/mol. The summed E-state index contributed by atoms with van der Waals surface area (Å²) < 4.78 is 4.50. The third-order valence-corrected chi connectivity index (χ3v) is 2.31. The Morgan fingerprint density at radius 1 is 1.56 bits per heavy atom. The van der Waals surface area contributed by atoms with Crippen LogP contribution in [0.1, 0.15) is 17.2 Å². The number of nitrogens with one attached hydrogen (secondary N) is 1. The second kappa shape index (κ2) is 5.89. The topological polar surface area (TPSA) is 62.1 Å². The molecule has 1 unspecified atom stereocenters. The van der Waals surface area contributed by atoms with Gasteiger partial charge in [-0.25, -0.2) is 0 Å². The lowest BCUT2D eigenvalue weighted by molar-refractivity contribution is -0.139. The fraction of sp³-hybridized carbons (Fsp3) is 0.333. The molecule has 0 amide bonds. The summed E-state index contributed by atoms with van der Waals surface area (Å²) in [5.74, 6) is -0.381. The minimum Gasteiger partial charge on any atom is -0.468 e. The molecule has 1 aromatic carbocycles. The van der Waals surface area contributed by atoms with Crippen molar-refractivity contribution in [2.24, 2.45) is 0 Å². The van der Waals surface area contributed by atoms with Crippen LogP contribution in [0.3, 0.4) is 0 Å². The van der Waals surface area contributed by atoms with Crippen molar-refractivity contribution in [2.45, 2.75) is 13.0 Å². The highest BCUT2D eigenvalue weighted by atomic mass is 16.5. The molecule has 1 atom stereocenters. The van der Waals surface area contributed by atoms with Crippen molar-refractivity contribution in [2.75, 3.05) is 13.7 Å². The molecule has 0 fully saturated rings. The number of rotatable bonds is 4. The summed E-state index contributed by atoms with van der Waals surface area (Å²) in [6.07, 6.45) is 0. The Labute approximate surface area is 94.8 Å². The molecule has 0 heterocycles. The first-order valence-corrected chi connectivity index (χ1v) is 4.94. The summed E-state index contributed by atoms with van der Waals surface area (Å²) in [7, 11) is 1.32. The summed E-state index contributed by atoms with van der Waals surface area (Å²) in [4.78, 5) is 11.0. The molecule has 1 aromatic rings. The van der Waals surface area contributed by atoms with Gasteiger partial charge in [0, 0.05) is 0 Å². The van der Waals surface area contributed by atoms with Crippen LogP contribution in [0.15, 0.2) is 24.3 Å². The van der Waals surface area contributed by atoms with Gasteiger partial charge in [-0.3, -0.25) is 10.1 Å². The van der Waals surface area contributed by atoms with Crippen LogP contribution in [0.25, 0.3) is 0 Å². The van der Waals surface area contributed by atoms with Gasteiger partial charge in [0.25, 0.3) is 0 Å². The first-order valence-electron chi connectivity index (χ1n) is 4.94. The normalized spacial score (nSPS) is 11.6. The van der Waals surface area contributed by atoms with Gasteiger partial charge in [-0.2, -0.15) is 5.26 Å². The van der Waals surface area contributed by atoms with Gasteiger partial charge in [0.05, 0.1) is 19.7 Å². The molecule has 0 aliphatic heterocycles. The molecule has 84 valence electrons. The summed E-state index contributed by atoms with van der Waals surface area (Å²) in [5, 5.41) is 11.9. The zero-order chi connectivity index (χ0) is 12.0. The molecular formula is C12H14N2O2. The number of nitrogens with zero attached hydrogens (tertiary/aromatic N) is 1. The Morgan fingerprint density at radius 2 is 2.25 bits per heavy atom. The Morgan fingerprint density at radius 3 is 2.81 bits per heavy atom. The highest BCUT2D eigenvalue weighted by molar-refractivity contribution is 5.71. The lowest BCUT2D eigenvalue weighted by Crippen LogP contribution is -2.27. The van der Waals surface area contributed by atoms with E-state index in [0.717, 1.165) is 11.1 Å². The number of ether oxygens (including phenoxy) is 1. The Kier molecular flexibility index (Phi) is 4.49. The van der Waals surface area contributed by atoms with Gasteiger partial charge in [0.15, 0.2) is 0 Å². The zero-order valence-corrected chi connectivity index (χ0v) is 9.36. The molecule has 16 heavy (non-hydrogen) atoms. The van der Waals surface area contributed by atoms with Gasteiger partial charge in [-0.1, -0.05) is 24.3 Å². The second-order valence-electron chi connectivity index (χ2n) is 3.38. The molecule has 0 saturated heterocycles. The molecule has 0 aliphatic rings. The molecule has 0 saturated carbocycles. The van der Waals surface area contributed by atoms with Gasteiger partial charge >= 0.3 is 5.97 Å². The number of hydrogen-bond acceptors (Lipinski definition) is 4. The van der Waals surface area contributed by atoms with E-state index in [9.17, 15) is 4.79 Å². The highest BCUT2D eigenvalue weighted by Gasteiger charge is 2.13. The summed E-state index contributed by atoms with van der Waals surface area (Å²) in [6.45, 7) is 1.96. The number of nitriles is 1. The Balaban J connectivity index is 2.73. The van der Waals surface area contributed by atoms with Crippen LogP contribution < -0.4 is 5.32 Å². The molecule has 0 radical (unpaired) electrons. The van der Waals surface area contributed by atoms with Gasteiger partial charge in [0.1, 0.15) is 6.04 Å². The van der Waals surface area contributed by atoms with Gasteiger partial charge in [-0.05, 0) is 18.1 Å². The van der Waals surface area contributed by atoms with E-state index in [0.29, 0.717) is 0 Å². The van der Waals surface area contributed by atoms with Crippen LogP contribution in [0.4, 0.5) is 0 Å². The third-order valence-electron chi connectivity index (χ3n) is 2.31. The number of esters is 1. The Hall–Kier alpha value is -1.86. The first-order chi connectivity index (χ1) is 7.69. The maximum Gasteiger partial charge on any atom is 0.319 e. The molecule has 0 spiro atoms. The molecular weight excluding hydrogens is 204 g/mol. The quantitative estimate of drug-likeness (QED) is 0.774. The fourth-order valence-corrected chi connectivity index (χ4v) is 1.39. The minimum absolute atomic E-state index is 0.0308. The minimum atomic E-state index is -0.486. The molecule has 1 N–H and O–H groups in total. The monoisotopic (exact) mass is 218 g/mol. The molecule has 1 rings (SSSR count). The van der Waals surface area contributed by atoms with Gasteiger partial charge < -0.3 is 4.74 Å². The predicted octanol–water partition coefficient (Wildman–Crippen LogP) is 1.32. The third kappa shape index (κ3) is 3.07. The van der Waals surface area contributed by atoms with E-state index in [2.05, 4.69) is 16.1 Å². The highest BCUT2D eigenvalue weighted by Crippen LogP contribution is 2.16. The standard InChI is InChI=1S/C12H14N2O2/c1-9-5-3-4-6-10(9)11(7-13)14-8-12(15)16-2/h3-6,11,14H,8H2,1-2H3. The number of aryl methyl sites for hydroxylation is 1. The average Bonchev–Trinajstić information content (AvgIpc) is 2.31. The van der Waals surface area contributed by atoms with Crippen molar-refractivity contribution < 1.29 is 9.53 Å².